The Hall–Kier alpha value is -3.15. The van der Waals surface area contributed by atoms with E-state index in [0.29, 0.717) is 16.5 Å². The number of nitrogens with zero attached hydrogens (tertiary/aromatic N) is 6. The number of nitrogens with two attached hydrogens (primary N) is 1. The molecule has 2 unspecified atom stereocenters. The second kappa shape index (κ2) is 8.32. The van der Waals surface area contributed by atoms with E-state index in [2.05, 4.69) is 25.7 Å². The largest absolute Gasteiger partial charge is 0.478 e. The van der Waals surface area contributed by atoms with Gasteiger partial charge in [-0.1, -0.05) is 5.16 Å². The number of nitrogens with one attached hydrogen (secondary N) is 1. The van der Waals surface area contributed by atoms with Crippen LogP contribution in [0.4, 0.5) is 5.13 Å². The summed E-state index contributed by atoms with van der Waals surface area (Å²) >= 11 is 1.05. The molecule has 5 N–H and O–H groups in total. The Bertz CT molecular complexity index is 1220. The van der Waals surface area contributed by atoms with E-state index in [1.165, 1.54) is 16.4 Å². The number of aromatic nitrogens is 4. The van der Waals surface area contributed by atoms with E-state index in [9.17, 15) is 27.7 Å². The van der Waals surface area contributed by atoms with Crippen LogP contribution in [0.1, 0.15) is 24.2 Å². The number of carbonyl (C=O) groups is 2. The van der Waals surface area contributed by atoms with Gasteiger partial charge in [-0.25, -0.2) is 14.1 Å². The molecule has 4 rings (SSSR count). The number of amides is 1. The molecule has 33 heavy (non-hydrogen) atoms. The van der Waals surface area contributed by atoms with Crippen LogP contribution in [0.3, 0.4) is 0 Å². The van der Waals surface area contributed by atoms with Crippen LogP contribution in [0, 0.1) is 5.92 Å². The lowest BCUT2D eigenvalue weighted by atomic mass is 9.84. The number of carboxylic acids is 1. The summed E-state index contributed by atoms with van der Waals surface area (Å²) in [7, 11) is -3.19. The normalized spacial score (nSPS) is 22.2. The molecule has 2 fully saturated rings. The fourth-order valence-corrected chi connectivity index (χ4v) is 4.82. The van der Waals surface area contributed by atoms with Crippen LogP contribution in [-0.4, -0.2) is 78.6 Å². The standard InChI is InChI=1S/C16H20N8O7S2/c1-18-4-8-5-19-23(21-8)6-10-11(13(25)24(10)33(28,29)30)12(9-7-32-15(17)20-9)22-31-16(2-3-16)14(26)27/h5,7,10-11,18H,2-4,6H2,1H3,(H2,17,20)(H,26,27)(H,28,29,30)/b22-12-. The zero-order valence-corrected chi connectivity index (χ0v) is 18.8. The van der Waals surface area contributed by atoms with E-state index in [4.69, 9.17) is 10.6 Å². The summed E-state index contributed by atoms with van der Waals surface area (Å²) in [4.78, 5) is 34.8. The van der Waals surface area contributed by atoms with Crippen molar-refractivity contribution < 1.29 is 32.5 Å². The third-order valence-electron chi connectivity index (χ3n) is 5.20. The van der Waals surface area contributed by atoms with E-state index in [0.717, 1.165) is 11.3 Å². The first kappa shape index (κ1) is 23.0. The van der Waals surface area contributed by atoms with Gasteiger partial charge in [0, 0.05) is 24.8 Å². The minimum Gasteiger partial charge on any atom is -0.478 e. The Morgan fingerprint density at radius 1 is 1.48 bits per heavy atom. The minimum absolute atomic E-state index is 0.104. The second-order valence-electron chi connectivity index (χ2n) is 7.52. The van der Waals surface area contributed by atoms with Crippen molar-refractivity contribution in [2.45, 2.75) is 37.6 Å². The molecule has 1 aliphatic heterocycles. The van der Waals surface area contributed by atoms with Gasteiger partial charge in [0.1, 0.15) is 17.3 Å². The van der Waals surface area contributed by atoms with Crippen LogP contribution in [0.5, 0.6) is 0 Å². The molecule has 17 heteroatoms. The lowest BCUT2D eigenvalue weighted by Crippen LogP contribution is -2.66. The molecule has 0 bridgehead atoms. The summed E-state index contributed by atoms with van der Waals surface area (Å²) in [5.74, 6) is -3.44. The van der Waals surface area contributed by atoms with Crippen molar-refractivity contribution >= 4 is 44.4 Å². The predicted molar refractivity (Wildman–Crippen MR) is 112 cm³/mol. The maximum absolute atomic E-state index is 12.8. The summed E-state index contributed by atoms with van der Waals surface area (Å²) in [6, 6.07) is -1.17. The van der Waals surface area contributed by atoms with Gasteiger partial charge in [-0.15, -0.1) is 11.3 Å². The highest BCUT2D eigenvalue weighted by molar-refractivity contribution is 7.84. The van der Waals surface area contributed by atoms with Gasteiger partial charge in [0.15, 0.2) is 5.13 Å². The number of aliphatic carboxylic acids is 1. The van der Waals surface area contributed by atoms with Crippen molar-refractivity contribution in [1.29, 1.82) is 0 Å². The monoisotopic (exact) mass is 500 g/mol. The van der Waals surface area contributed by atoms with Gasteiger partial charge in [0.25, 0.3) is 0 Å². The number of nitrogen functional groups attached to an aromatic ring is 1. The zero-order valence-electron chi connectivity index (χ0n) is 17.2. The minimum atomic E-state index is -4.91. The number of carboxylic acid groups (broad SMARTS) is 1. The van der Waals surface area contributed by atoms with Gasteiger partial charge in [0.05, 0.1) is 24.5 Å². The van der Waals surface area contributed by atoms with Crippen molar-refractivity contribution in [3.05, 3.63) is 23.0 Å². The summed E-state index contributed by atoms with van der Waals surface area (Å²) in [5.41, 5.74) is 4.78. The first-order valence-corrected chi connectivity index (χ1v) is 11.9. The van der Waals surface area contributed by atoms with E-state index in [1.807, 2.05) is 0 Å². The molecule has 2 aromatic rings. The summed E-state index contributed by atoms with van der Waals surface area (Å²) in [5, 5.41) is 26.1. The predicted octanol–water partition coefficient (Wildman–Crippen LogP) is -1.30. The van der Waals surface area contributed by atoms with Gasteiger partial charge in [-0.3, -0.25) is 9.35 Å². The average molecular weight is 501 g/mol. The van der Waals surface area contributed by atoms with Crippen LogP contribution < -0.4 is 11.1 Å². The molecule has 0 radical (unpaired) electrons. The molecule has 1 saturated heterocycles. The second-order valence-corrected chi connectivity index (χ2v) is 9.69. The maximum Gasteiger partial charge on any atom is 0.362 e. The third-order valence-corrected chi connectivity index (χ3v) is 6.82. The molecular formula is C16H20N8O7S2. The average Bonchev–Trinajstić information content (AvgIpc) is 3.20. The van der Waals surface area contributed by atoms with Gasteiger partial charge < -0.3 is 21.0 Å². The van der Waals surface area contributed by atoms with E-state index < -0.39 is 39.7 Å². The van der Waals surface area contributed by atoms with Crippen molar-refractivity contribution in [2.75, 3.05) is 12.8 Å². The van der Waals surface area contributed by atoms with E-state index in [-0.39, 0.29) is 35.9 Å². The van der Waals surface area contributed by atoms with Crippen LogP contribution in [-0.2, 0) is 37.8 Å². The maximum atomic E-state index is 12.8. The summed E-state index contributed by atoms with van der Waals surface area (Å²) in [6.45, 7) is 0.202. The quantitative estimate of drug-likeness (QED) is 0.130. The highest BCUT2D eigenvalue weighted by Gasteiger charge is 2.58. The lowest BCUT2D eigenvalue weighted by molar-refractivity contribution is -0.153. The number of carbonyl (C=O) groups excluding carboxylic acids is 1. The molecule has 2 aliphatic rings. The SMILES string of the molecule is CNCc1cnn(CC2C(/C(=N\OC3(C(=O)O)CC3)c3csc(N)n3)C(=O)N2S(=O)(=O)O)n1. The number of β-lactam (4-membered cyclic amide) rings is 1. The number of anilines is 1. The van der Waals surface area contributed by atoms with Crippen LogP contribution in [0.2, 0.25) is 0 Å². The molecule has 15 nitrogen and oxygen atoms in total. The van der Waals surface area contributed by atoms with Crippen LogP contribution in [0.25, 0.3) is 0 Å². The fraction of sp³-hybridized carbons (Fsp3) is 0.500. The number of hydrogen-bond acceptors (Lipinski definition) is 12. The summed E-state index contributed by atoms with van der Waals surface area (Å²) < 4.78 is 33.6. The van der Waals surface area contributed by atoms with Crippen LogP contribution >= 0.6 is 11.3 Å². The van der Waals surface area contributed by atoms with Crippen molar-refractivity contribution in [1.82, 2.24) is 29.6 Å². The van der Waals surface area contributed by atoms with E-state index >= 15 is 0 Å². The molecule has 1 amide bonds. The molecule has 3 heterocycles. The Kier molecular flexibility index (Phi) is 5.81. The summed E-state index contributed by atoms with van der Waals surface area (Å²) in [6.07, 6.45) is 1.92. The van der Waals surface area contributed by atoms with Crippen LogP contribution in [0.15, 0.2) is 16.7 Å². The van der Waals surface area contributed by atoms with Gasteiger partial charge in [-0.05, 0) is 7.05 Å². The zero-order chi connectivity index (χ0) is 24.0. The topological polar surface area (TPSA) is 215 Å². The first-order chi connectivity index (χ1) is 15.6. The molecular weight excluding hydrogens is 480 g/mol. The Morgan fingerprint density at radius 3 is 2.76 bits per heavy atom. The van der Waals surface area contributed by atoms with Crippen molar-refractivity contribution in [3.8, 4) is 0 Å². The van der Waals surface area contributed by atoms with Gasteiger partial charge in [-0.2, -0.15) is 23.4 Å². The molecule has 178 valence electrons. The highest BCUT2D eigenvalue weighted by atomic mass is 32.2. The number of hydrogen-bond donors (Lipinski definition) is 4. The number of rotatable bonds is 10. The molecule has 2 aromatic heterocycles. The molecule has 2 atom stereocenters. The number of thiazole rings is 1. The lowest BCUT2D eigenvalue weighted by Gasteiger charge is -2.43. The molecule has 0 spiro atoms. The highest BCUT2D eigenvalue weighted by Crippen LogP contribution is 2.41. The third kappa shape index (κ3) is 4.39. The Labute approximate surface area is 191 Å². The molecule has 0 aromatic carbocycles. The van der Waals surface area contributed by atoms with Crippen molar-refractivity contribution in [3.63, 3.8) is 0 Å². The Morgan fingerprint density at radius 2 is 2.21 bits per heavy atom. The fourth-order valence-electron chi connectivity index (χ4n) is 3.39. The van der Waals surface area contributed by atoms with Gasteiger partial charge >= 0.3 is 16.3 Å². The Balaban J connectivity index is 1.70. The smallest absolute Gasteiger partial charge is 0.362 e. The molecule has 1 saturated carbocycles. The van der Waals surface area contributed by atoms with Crippen molar-refractivity contribution in [2.24, 2.45) is 11.1 Å². The molecule has 1 aliphatic carbocycles. The van der Waals surface area contributed by atoms with E-state index in [1.54, 1.807) is 7.05 Å². The number of oxime groups is 1. The van der Waals surface area contributed by atoms with Gasteiger partial charge in [0.2, 0.25) is 11.5 Å². The first-order valence-electron chi connectivity index (χ1n) is 9.61.